The number of hydrogen-bond donors (Lipinski definition) is 3. The van der Waals surface area contributed by atoms with Crippen LogP contribution in [0.15, 0.2) is 48.5 Å². The highest BCUT2D eigenvalue weighted by Crippen LogP contribution is 2.32. The zero-order chi connectivity index (χ0) is 17.6. The molecule has 0 unspecified atom stereocenters. The minimum atomic E-state index is 0.169. The Hall–Kier alpha value is -2.31. The Balaban J connectivity index is 1.58. The van der Waals surface area contributed by atoms with E-state index in [0.29, 0.717) is 11.7 Å². The Morgan fingerprint density at radius 1 is 1.12 bits per heavy atom. The lowest BCUT2D eigenvalue weighted by Crippen LogP contribution is -3.06. The minimum absolute atomic E-state index is 0.169. The zero-order valence-corrected chi connectivity index (χ0v) is 15.4. The first-order valence-corrected chi connectivity index (χ1v) is 8.79. The molecule has 3 rings (SSSR count). The Labute approximate surface area is 153 Å². The van der Waals surface area contributed by atoms with Crippen molar-refractivity contribution in [3.63, 3.8) is 0 Å². The number of likely N-dealkylation sites (N-methyl/N-ethyl adjacent to an activating group) is 1. The molecule has 1 heterocycles. The zero-order valence-electron chi connectivity index (χ0n) is 14.5. The normalized spacial score (nSPS) is 13.6. The van der Waals surface area contributed by atoms with Crippen molar-refractivity contribution in [2.24, 2.45) is 0 Å². The van der Waals surface area contributed by atoms with Gasteiger partial charge in [-0.2, -0.15) is 0 Å². The molecule has 2 aromatic rings. The molecule has 5 nitrogen and oxygen atoms in total. The van der Waals surface area contributed by atoms with Gasteiger partial charge >= 0.3 is 0 Å². The summed E-state index contributed by atoms with van der Waals surface area (Å²) >= 11 is 5.49. The Bertz CT molecular complexity index is 722. The predicted molar refractivity (Wildman–Crippen MR) is 102 cm³/mol. The fraction of sp³-hybridized carbons (Fsp3) is 0.316. The van der Waals surface area contributed by atoms with Gasteiger partial charge in [-0.15, -0.1) is 0 Å². The Morgan fingerprint density at radius 2 is 1.88 bits per heavy atom. The van der Waals surface area contributed by atoms with E-state index in [1.807, 2.05) is 24.3 Å². The van der Waals surface area contributed by atoms with Crippen molar-refractivity contribution in [3.8, 4) is 11.5 Å². The highest BCUT2D eigenvalue weighted by Gasteiger charge is 2.16. The number of ether oxygens (including phenoxy) is 2. The van der Waals surface area contributed by atoms with Crippen LogP contribution in [-0.2, 0) is 6.54 Å². The maximum absolute atomic E-state index is 5.49. The number of benzene rings is 2. The molecule has 3 N–H and O–H groups in total. The standard InChI is InChI=1S/C19H23N3O2S/c1-22(2)12-16(15-6-4-3-5-7-15)21-19(25)20-11-14-8-9-17-18(10-14)24-13-23-17/h3-10,16H,11-13H2,1-2H3,(H2,20,21,25)/p+1/t16-/m1/s1. The lowest BCUT2D eigenvalue weighted by atomic mass is 10.1. The number of quaternary nitrogens is 1. The third kappa shape index (κ3) is 4.84. The van der Waals surface area contributed by atoms with E-state index in [2.05, 4.69) is 49.0 Å². The van der Waals surface area contributed by atoms with Crippen LogP contribution >= 0.6 is 12.2 Å². The molecule has 0 aliphatic carbocycles. The number of fused-ring (bicyclic) bond motifs is 1. The molecule has 132 valence electrons. The fourth-order valence-electron chi connectivity index (χ4n) is 2.79. The SMILES string of the molecule is C[NH+](C)C[C@@H](NC(=S)NCc1ccc2c(c1)OCO2)c1ccccc1. The first-order valence-electron chi connectivity index (χ1n) is 8.38. The maximum atomic E-state index is 5.49. The van der Waals surface area contributed by atoms with Gasteiger partial charge in [-0.05, 0) is 35.5 Å². The molecule has 0 saturated carbocycles. The van der Waals surface area contributed by atoms with Gasteiger partial charge in [0.2, 0.25) is 6.79 Å². The van der Waals surface area contributed by atoms with Crippen LogP contribution in [0.3, 0.4) is 0 Å². The van der Waals surface area contributed by atoms with Crippen LogP contribution in [-0.4, -0.2) is 32.5 Å². The summed E-state index contributed by atoms with van der Waals surface area (Å²) in [5.41, 5.74) is 2.33. The van der Waals surface area contributed by atoms with Crippen LogP contribution in [0, 0.1) is 0 Å². The highest BCUT2D eigenvalue weighted by molar-refractivity contribution is 7.80. The van der Waals surface area contributed by atoms with Gasteiger partial charge in [0.05, 0.1) is 14.1 Å². The molecule has 0 spiro atoms. The minimum Gasteiger partial charge on any atom is -0.454 e. The molecular formula is C19H24N3O2S+. The van der Waals surface area contributed by atoms with Crippen LogP contribution in [0.4, 0.5) is 0 Å². The molecule has 0 aromatic heterocycles. The molecule has 25 heavy (non-hydrogen) atoms. The maximum Gasteiger partial charge on any atom is 0.231 e. The van der Waals surface area contributed by atoms with Gasteiger partial charge in [0.15, 0.2) is 16.6 Å². The fourth-order valence-corrected chi connectivity index (χ4v) is 3.00. The van der Waals surface area contributed by atoms with Gasteiger partial charge < -0.3 is 25.0 Å². The second-order valence-electron chi connectivity index (χ2n) is 6.39. The number of thiocarbonyl (C=S) groups is 1. The van der Waals surface area contributed by atoms with Crippen LogP contribution in [0.1, 0.15) is 17.2 Å². The quantitative estimate of drug-likeness (QED) is 0.679. The van der Waals surface area contributed by atoms with Crippen molar-refractivity contribution in [1.82, 2.24) is 10.6 Å². The van der Waals surface area contributed by atoms with Crippen molar-refractivity contribution in [2.45, 2.75) is 12.6 Å². The van der Waals surface area contributed by atoms with Crippen molar-refractivity contribution >= 4 is 17.3 Å². The first-order chi connectivity index (χ1) is 12.1. The molecule has 0 bridgehead atoms. The largest absolute Gasteiger partial charge is 0.454 e. The summed E-state index contributed by atoms with van der Waals surface area (Å²) in [6.07, 6.45) is 0. The van der Waals surface area contributed by atoms with Gasteiger partial charge in [-0.25, -0.2) is 0 Å². The van der Waals surface area contributed by atoms with Crippen LogP contribution < -0.4 is 25.0 Å². The number of nitrogens with one attached hydrogen (secondary N) is 3. The Kier molecular flexibility index (Phi) is 5.73. The lowest BCUT2D eigenvalue weighted by molar-refractivity contribution is -0.860. The molecule has 6 heteroatoms. The van der Waals surface area contributed by atoms with E-state index < -0.39 is 0 Å². The molecule has 0 fully saturated rings. The molecule has 1 aliphatic rings. The van der Waals surface area contributed by atoms with E-state index in [1.54, 1.807) is 0 Å². The van der Waals surface area contributed by atoms with Crippen LogP contribution in [0.25, 0.3) is 0 Å². The summed E-state index contributed by atoms with van der Waals surface area (Å²) in [5, 5.41) is 7.36. The molecular weight excluding hydrogens is 334 g/mol. The van der Waals surface area contributed by atoms with Crippen molar-refractivity contribution in [3.05, 3.63) is 59.7 Å². The van der Waals surface area contributed by atoms with Crippen LogP contribution in [0.5, 0.6) is 11.5 Å². The average molecular weight is 358 g/mol. The van der Waals surface area contributed by atoms with Gasteiger partial charge in [-0.1, -0.05) is 36.4 Å². The van der Waals surface area contributed by atoms with Gasteiger partial charge in [0.1, 0.15) is 12.6 Å². The molecule has 0 radical (unpaired) electrons. The smallest absolute Gasteiger partial charge is 0.231 e. The second kappa shape index (κ2) is 8.18. The summed E-state index contributed by atoms with van der Waals surface area (Å²) in [6.45, 7) is 1.87. The molecule has 2 aromatic carbocycles. The molecule has 1 aliphatic heterocycles. The van der Waals surface area contributed by atoms with Gasteiger partial charge in [0, 0.05) is 6.54 Å². The first kappa shape index (κ1) is 17.5. The van der Waals surface area contributed by atoms with Crippen molar-refractivity contribution in [2.75, 3.05) is 27.4 Å². The van der Waals surface area contributed by atoms with Gasteiger partial charge in [-0.3, -0.25) is 0 Å². The molecule has 1 atom stereocenters. The summed E-state index contributed by atoms with van der Waals surface area (Å²) in [5.74, 6) is 1.58. The Morgan fingerprint density at radius 3 is 2.64 bits per heavy atom. The van der Waals surface area contributed by atoms with E-state index in [9.17, 15) is 0 Å². The van der Waals surface area contributed by atoms with E-state index in [-0.39, 0.29) is 12.8 Å². The monoisotopic (exact) mass is 358 g/mol. The molecule has 0 saturated heterocycles. The summed E-state index contributed by atoms with van der Waals surface area (Å²) in [6, 6.07) is 16.5. The van der Waals surface area contributed by atoms with E-state index in [1.165, 1.54) is 10.5 Å². The topological polar surface area (TPSA) is 47.0 Å². The van der Waals surface area contributed by atoms with E-state index >= 15 is 0 Å². The van der Waals surface area contributed by atoms with Crippen molar-refractivity contribution < 1.29 is 14.4 Å². The number of hydrogen-bond acceptors (Lipinski definition) is 3. The molecule has 0 amide bonds. The van der Waals surface area contributed by atoms with Crippen LogP contribution in [0.2, 0.25) is 0 Å². The van der Waals surface area contributed by atoms with Crippen molar-refractivity contribution in [1.29, 1.82) is 0 Å². The summed E-state index contributed by atoms with van der Waals surface area (Å²) < 4.78 is 10.7. The third-order valence-corrected chi connectivity index (χ3v) is 4.27. The second-order valence-corrected chi connectivity index (χ2v) is 6.80. The van der Waals surface area contributed by atoms with E-state index in [0.717, 1.165) is 23.6 Å². The predicted octanol–water partition coefficient (Wildman–Crippen LogP) is 1.27. The average Bonchev–Trinajstić information content (AvgIpc) is 3.07. The summed E-state index contributed by atoms with van der Waals surface area (Å²) in [7, 11) is 4.28. The van der Waals surface area contributed by atoms with Gasteiger partial charge in [0.25, 0.3) is 0 Å². The van der Waals surface area contributed by atoms with E-state index in [4.69, 9.17) is 21.7 Å². The third-order valence-electron chi connectivity index (χ3n) is 4.01. The number of rotatable bonds is 6. The highest BCUT2D eigenvalue weighted by atomic mass is 32.1. The lowest BCUT2D eigenvalue weighted by Gasteiger charge is -2.22. The summed E-state index contributed by atoms with van der Waals surface area (Å²) in [4.78, 5) is 1.36.